The molecule has 1 saturated heterocycles. The first-order valence-electron chi connectivity index (χ1n) is 5.75. The van der Waals surface area contributed by atoms with E-state index in [9.17, 15) is 0 Å². The first-order chi connectivity index (χ1) is 7.55. The Balaban J connectivity index is 2.01. The molecule has 0 aliphatic carbocycles. The van der Waals surface area contributed by atoms with Crippen LogP contribution >= 0.6 is 0 Å². The number of aromatic nitrogens is 2. The number of rotatable bonds is 2. The molecule has 1 aromatic heterocycles. The third-order valence-corrected chi connectivity index (χ3v) is 2.62. The zero-order valence-electron chi connectivity index (χ0n) is 10.2. The third kappa shape index (κ3) is 2.70. The van der Waals surface area contributed by atoms with Crippen LogP contribution in [0.5, 0.6) is 5.75 Å². The van der Waals surface area contributed by atoms with E-state index in [1.165, 1.54) is 0 Å². The summed E-state index contributed by atoms with van der Waals surface area (Å²) in [6.07, 6.45) is 4.86. The summed E-state index contributed by atoms with van der Waals surface area (Å²) in [6, 6.07) is 0. The van der Waals surface area contributed by atoms with Crippen molar-refractivity contribution in [3.05, 3.63) is 18.2 Å². The number of nitrogens with one attached hydrogen (secondary N) is 1. The molecule has 16 heavy (non-hydrogen) atoms. The Labute approximate surface area is 96.4 Å². The standard InChI is InChI=1S/C12H19N3O/c1-12(2,3)11-14-7-10(8-15-11)16-9-4-5-13-6-9/h7-9,13H,4-6H2,1-3H3. The van der Waals surface area contributed by atoms with E-state index in [4.69, 9.17) is 4.74 Å². The van der Waals surface area contributed by atoms with Gasteiger partial charge in [-0.25, -0.2) is 9.97 Å². The summed E-state index contributed by atoms with van der Waals surface area (Å²) < 4.78 is 5.76. The van der Waals surface area contributed by atoms with E-state index in [1.807, 2.05) is 0 Å². The van der Waals surface area contributed by atoms with Crippen LogP contribution in [-0.2, 0) is 5.41 Å². The summed E-state index contributed by atoms with van der Waals surface area (Å²) >= 11 is 0. The van der Waals surface area contributed by atoms with Crippen LogP contribution in [0.2, 0.25) is 0 Å². The Bertz CT molecular complexity index is 336. The Morgan fingerprint density at radius 2 is 2.00 bits per heavy atom. The van der Waals surface area contributed by atoms with Crippen molar-refractivity contribution in [2.24, 2.45) is 0 Å². The van der Waals surface area contributed by atoms with Crippen LogP contribution < -0.4 is 10.1 Å². The molecule has 0 amide bonds. The third-order valence-electron chi connectivity index (χ3n) is 2.62. The SMILES string of the molecule is CC(C)(C)c1ncc(OC2CCNC2)cn1. The molecule has 1 aliphatic rings. The average molecular weight is 221 g/mol. The fourth-order valence-electron chi connectivity index (χ4n) is 1.69. The molecule has 1 unspecified atom stereocenters. The summed E-state index contributed by atoms with van der Waals surface area (Å²) in [5.74, 6) is 1.62. The van der Waals surface area contributed by atoms with E-state index < -0.39 is 0 Å². The lowest BCUT2D eigenvalue weighted by atomic mass is 9.96. The molecular formula is C12H19N3O. The van der Waals surface area contributed by atoms with Crippen molar-refractivity contribution < 1.29 is 4.74 Å². The zero-order chi connectivity index (χ0) is 11.6. The van der Waals surface area contributed by atoms with Gasteiger partial charge in [0.1, 0.15) is 11.9 Å². The number of hydrogen-bond acceptors (Lipinski definition) is 4. The van der Waals surface area contributed by atoms with Gasteiger partial charge in [-0.2, -0.15) is 0 Å². The second-order valence-electron chi connectivity index (χ2n) is 5.23. The van der Waals surface area contributed by atoms with E-state index in [1.54, 1.807) is 12.4 Å². The molecule has 4 heteroatoms. The maximum Gasteiger partial charge on any atom is 0.156 e. The van der Waals surface area contributed by atoms with Crippen LogP contribution in [0.25, 0.3) is 0 Å². The predicted molar refractivity (Wildman–Crippen MR) is 62.6 cm³/mol. The summed E-state index contributed by atoms with van der Waals surface area (Å²) in [6.45, 7) is 8.25. The molecule has 2 rings (SSSR count). The summed E-state index contributed by atoms with van der Waals surface area (Å²) in [7, 11) is 0. The van der Waals surface area contributed by atoms with E-state index >= 15 is 0 Å². The van der Waals surface area contributed by atoms with Crippen molar-refractivity contribution in [2.45, 2.75) is 38.7 Å². The summed E-state index contributed by atoms with van der Waals surface area (Å²) in [5, 5.41) is 3.26. The van der Waals surface area contributed by atoms with Crippen LogP contribution in [0, 0.1) is 0 Å². The molecule has 0 radical (unpaired) electrons. The number of nitrogens with zero attached hydrogens (tertiary/aromatic N) is 2. The average Bonchev–Trinajstić information content (AvgIpc) is 2.70. The maximum atomic E-state index is 5.76. The number of ether oxygens (including phenoxy) is 1. The molecule has 1 aromatic rings. The highest BCUT2D eigenvalue weighted by molar-refractivity contribution is 5.15. The molecule has 2 heterocycles. The van der Waals surface area contributed by atoms with Gasteiger partial charge in [-0.1, -0.05) is 20.8 Å². The quantitative estimate of drug-likeness (QED) is 0.822. The Kier molecular flexibility index (Phi) is 3.10. The van der Waals surface area contributed by atoms with E-state index in [0.717, 1.165) is 31.1 Å². The van der Waals surface area contributed by atoms with Gasteiger partial charge in [0.2, 0.25) is 0 Å². The van der Waals surface area contributed by atoms with Gasteiger partial charge in [0.05, 0.1) is 12.4 Å². The minimum atomic E-state index is -0.00650. The molecular weight excluding hydrogens is 202 g/mol. The molecule has 88 valence electrons. The molecule has 4 nitrogen and oxygen atoms in total. The van der Waals surface area contributed by atoms with Crippen LogP contribution in [0.15, 0.2) is 12.4 Å². The Morgan fingerprint density at radius 3 is 2.50 bits per heavy atom. The highest BCUT2D eigenvalue weighted by Crippen LogP contribution is 2.19. The Morgan fingerprint density at radius 1 is 1.31 bits per heavy atom. The highest BCUT2D eigenvalue weighted by atomic mass is 16.5. The molecule has 1 fully saturated rings. The lowest BCUT2D eigenvalue weighted by Gasteiger charge is -2.17. The predicted octanol–water partition coefficient (Wildman–Crippen LogP) is 1.51. The van der Waals surface area contributed by atoms with Gasteiger partial charge in [-0.3, -0.25) is 0 Å². The molecule has 0 aromatic carbocycles. The van der Waals surface area contributed by atoms with Gasteiger partial charge in [-0.05, 0) is 13.0 Å². The van der Waals surface area contributed by atoms with Gasteiger partial charge in [0.25, 0.3) is 0 Å². The smallest absolute Gasteiger partial charge is 0.156 e. The van der Waals surface area contributed by atoms with Crippen LogP contribution in [0.3, 0.4) is 0 Å². The second-order valence-corrected chi connectivity index (χ2v) is 5.23. The molecule has 0 spiro atoms. The molecule has 1 N–H and O–H groups in total. The first kappa shape index (κ1) is 11.3. The zero-order valence-corrected chi connectivity index (χ0v) is 10.2. The minimum Gasteiger partial charge on any atom is -0.486 e. The largest absolute Gasteiger partial charge is 0.486 e. The minimum absolute atomic E-state index is 0.00650. The van der Waals surface area contributed by atoms with Gasteiger partial charge < -0.3 is 10.1 Å². The van der Waals surface area contributed by atoms with Gasteiger partial charge >= 0.3 is 0 Å². The van der Waals surface area contributed by atoms with Crippen molar-refractivity contribution in [3.63, 3.8) is 0 Å². The van der Waals surface area contributed by atoms with E-state index in [2.05, 4.69) is 36.1 Å². The topological polar surface area (TPSA) is 47.0 Å². The van der Waals surface area contributed by atoms with Crippen molar-refractivity contribution in [1.29, 1.82) is 0 Å². The maximum absolute atomic E-state index is 5.76. The first-order valence-corrected chi connectivity index (χ1v) is 5.75. The van der Waals surface area contributed by atoms with Gasteiger partial charge in [0.15, 0.2) is 5.75 Å². The molecule has 0 bridgehead atoms. The molecule has 1 aliphatic heterocycles. The van der Waals surface area contributed by atoms with Crippen LogP contribution in [0.1, 0.15) is 33.0 Å². The van der Waals surface area contributed by atoms with Crippen molar-refractivity contribution in [3.8, 4) is 5.75 Å². The summed E-state index contributed by atoms with van der Waals surface area (Å²) in [5.41, 5.74) is -0.00650. The Hall–Kier alpha value is -1.16. The van der Waals surface area contributed by atoms with Gasteiger partial charge in [-0.15, -0.1) is 0 Å². The fraction of sp³-hybridized carbons (Fsp3) is 0.667. The monoisotopic (exact) mass is 221 g/mol. The van der Waals surface area contributed by atoms with E-state index in [0.29, 0.717) is 0 Å². The van der Waals surface area contributed by atoms with E-state index in [-0.39, 0.29) is 11.5 Å². The highest BCUT2D eigenvalue weighted by Gasteiger charge is 2.19. The molecule has 0 saturated carbocycles. The van der Waals surface area contributed by atoms with Crippen LogP contribution in [-0.4, -0.2) is 29.2 Å². The lowest BCUT2D eigenvalue weighted by Crippen LogP contribution is -2.20. The van der Waals surface area contributed by atoms with Crippen molar-refractivity contribution in [2.75, 3.05) is 13.1 Å². The normalized spacial score (nSPS) is 21.1. The fourth-order valence-corrected chi connectivity index (χ4v) is 1.69. The molecule has 1 atom stereocenters. The second kappa shape index (κ2) is 4.37. The van der Waals surface area contributed by atoms with Crippen molar-refractivity contribution in [1.82, 2.24) is 15.3 Å². The van der Waals surface area contributed by atoms with Crippen LogP contribution in [0.4, 0.5) is 0 Å². The lowest BCUT2D eigenvalue weighted by molar-refractivity contribution is 0.221. The number of hydrogen-bond donors (Lipinski definition) is 1. The van der Waals surface area contributed by atoms with Gasteiger partial charge in [0, 0.05) is 12.0 Å². The van der Waals surface area contributed by atoms with Crippen molar-refractivity contribution >= 4 is 0 Å². The summed E-state index contributed by atoms with van der Waals surface area (Å²) in [4.78, 5) is 8.67.